The first-order valence-electron chi connectivity index (χ1n) is 7.39. The third-order valence-electron chi connectivity index (χ3n) is 3.46. The van der Waals surface area contributed by atoms with Crippen LogP contribution in [0.5, 0.6) is 5.75 Å². The molecule has 140 valence electrons. The number of carboxylic acid groups (broad SMARTS) is 1. The van der Waals surface area contributed by atoms with Crippen molar-refractivity contribution >= 4 is 50.4 Å². The fourth-order valence-electron chi connectivity index (χ4n) is 1.98. The number of hydrogen-bond donors (Lipinski definition) is 2. The molecule has 0 fully saturated rings. The Kier molecular flexibility index (Phi) is 5.75. The summed E-state index contributed by atoms with van der Waals surface area (Å²) in [5.74, 6) is -0.876. The molecule has 2 aromatic carbocycles. The zero-order valence-electron chi connectivity index (χ0n) is 14.2. The molecule has 0 heterocycles. The van der Waals surface area contributed by atoms with E-state index >= 15 is 0 Å². The summed E-state index contributed by atoms with van der Waals surface area (Å²) in [6.07, 6.45) is 1.09. The lowest BCUT2D eigenvalue weighted by Gasteiger charge is -2.24. The lowest BCUT2D eigenvalue weighted by atomic mass is 10.1. The number of benzene rings is 2. The molecule has 0 saturated heterocycles. The van der Waals surface area contributed by atoms with Crippen molar-refractivity contribution in [2.45, 2.75) is 24.3 Å². The quantitative estimate of drug-likeness (QED) is 0.723. The standard InChI is InChI=1S/C17H17Cl2NO5S/c1-17(2,16(21)22)25-15-7-4-10(18)8-14(15)20-13-6-5-11(9-12(13)19)26(3,23)24/h4-9,20H,1-3H3,(H,21,22). The van der Waals surface area contributed by atoms with Crippen LogP contribution in [-0.2, 0) is 14.6 Å². The van der Waals surface area contributed by atoms with Crippen molar-refractivity contribution in [2.24, 2.45) is 0 Å². The molecule has 0 aliphatic rings. The smallest absolute Gasteiger partial charge is 0.347 e. The summed E-state index contributed by atoms with van der Waals surface area (Å²) in [6, 6.07) is 8.89. The van der Waals surface area contributed by atoms with Crippen LogP contribution >= 0.6 is 23.2 Å². The Morgan fingerprint density at radius 3 is 2.31 bits per heavy atom. The van der Waals surface area contributed by atoms with Crippen molar-refractivity contribution in [2.75, 3.05) is 11.6 Å². The molecule has 0 unspecified atom stereocenters. The Bertz CT molecular complexity index is 958. The molecule has 0 aliphatic heterocycles. The molecule has 0 bridgehead atoms. The average molecular weight is 418 g/mol. The molecular formula is C17H17Cl2NO5S. The van der Waals surface area contributed by atoms with Crippen LogP contribution in [0.25, 0.3) is 0 Å². The van der Waals surface area contributed by atoms with Gasteiger partial charge in [0.1, 0.15) is 5.75 Å². The number of aliphatic carboxylic acids is 1. The molecular weight excluding hydrogens is 401 g/mol. The highest BCUT2D eigenvalue weighted by Gasteiger charge is 2.30. The fraction of sp³-hybridized carbons (Fsp3) is 0.235. The summed E-state index contributed by atoms with van der Waals surface area (Å²) < 4.78 is 28.8. The summed E-state index contributed by atoms with van der Waals surface area (Å²) in [7, 11) is -3.39. The van der Waals surface area contributed by atoms with E-state index in [1.54, 1.807) is 12.1 Å². The Balaban J connectivity index is 2.41. The van der Waals surface area contributed by atoms with Crippen LogP contribution in [0.1, 0.15) is 13.8 Å². The van der Waals surface area contributed by atoms with Crippen LogP contribution in [0.3, 0.4) is 0 Å². The second-order valence-corrected chi connectivity index (χ2v) is 8.96. The second-order valence-electron chi connectivity index (χ2n) is 6.10. The predicted molar refractivity (Wildman–Crippen MR) is 102 cm³/mol. The molecule has 2 aromatic rings. The summed E-state index contributed by atoms with van der Waals surface area (Å²) in [5, 5.41) is 12.8. The predicted octanol–water partition coefficient (Wildman–Crippen LogP) is 4.38. The first-order chi connectivity index (χ1) is 11.9. The van der Waals surface area contributed by atoms with Crippen LogP contribution in [0.15, 0.2) is 41.3 Å². The number of halogens is 2. The summed E-state index contributed by atoms with van der Waals surface area (Å²) in [6.45, 7) is 2.84. The lowest BCUT2D eigenvalue weighted by molar-refractivity contribution is -0.152. The van der Waals surface area contributed by atoms with Gasteiger partial charge in [-0.15, -0.1) is 0 Å². The van der Waals surface area contributed by atoms with Crippen molar-refractivity contribution in [1.82, 2.24) is 0 Å². The van der Waals surface area contributed by atoms with Gasteiger partial charge in [-0.2, -0.15) is 0 Å². The maximum atomic E-state index is 11.6. The van der Waals surface area contributed by atoms with Gasteiger partial charge in [0.2, 0.25) is 0 Å². The van der Waals surface area contributed by atoms with Gasteiger partial charge in [-0.3, -0.25) is 0 Å². The molecule has 2 N–H and O–H groups in total. The van der Waals surface area contributed by atoms with E-state index in [-0.39, 0.29) is 15.7 Å². The van der Waals surface area contributed by atoms with Crippen molar-refractivity contribution in [3.05, 3.63) is 46.4 Å². The Labute approximate surface area is 161 Å². The molecule has 0 aromatic heterocycles. The molecule has 26 heavy (non-hydrogen) atoms. The third-order valence-corrected chi connectivity index (χ3v) is 5.12. The molecule has 0 aliphatic carbocycles. The van der Waals surface area contributed by atoms with Crippen molar-refractivity contribution in [3.8, 4) is 5.75 Å². The van der Waals surface area contributed by atoms with Crippen LogP contribution in [0.4, 0.5) is 11.4 Å². The maximum absolute atomic E-state index is 11.6. The van der Waals surface area contributed by atoms with Gasteiger partial charge in [0, 0.05) is 11.3 Å². The fourth-order valence-corrected chi connectivity index (χ4v) is 3.09. The van der Waals surface area contributed by atoms with E-state index in [0.29, 0.717) is 16.4 Å². The third kappa shape index (κ3) is 4.81. The Morgan fingerprint density at radius 1 is 1.12 bits per heavy atom. The van der Waals surface area contributed by atoms with E-state index in [2.05, 4.69) is 5.32 Å². The van der Waals surface area contributed by atoms with Gasteiger partial charge in [0.05, 0.1) is 21.3 Å². The topological polar surface area (TPSA) is 92.7 Å². The van der Waals surface area contributed by atoms with Crippen LogP contribution in [-0.4, -0.2) is 31.4 Å². The highest BCUT2D eigenvalue weighted by molar-refractivity contribution is 7.90. The number of hydrogen-bond acceptors (Lipinski definition) is 5. The molecule has 2 rings (SSSR count). The summed E-state index contributed by atoms with van der Waals surface area (Å²) in [4.78, 5) is 11.4. The number of nitrogens with one attached hydrogen (secondary N) is 1. The zero-order chi connectivity index (χ0) is 19.7. The van der Waals surface area contributed by atoms with Crippen molar-refractivity contribution in [3.63, 3.8) is 0 Å². The molecule has 0 radical (unpaired) electrons. The number of rotatable bonds is 6. The number of carboxylic acids is 1. The Hall–Kier alpha value is -1.96. The largest absolute Gasteiger partial charge is 0.478 e. The van der Waals surface area contributed by atoms with Gasteiger partial charge in [-0.05, 0) is 50.2 Å². The van der Waals surface area contributed by atoms with E-state index in [1.165, 1.54) is 38.1 Å². The lowest BCUT2D eigenvalue weighted by Crippen LogP contribution is -2.38. The first kappa shape index (κ1) is 20.4. The van der Waals surface area contributed by atoms with Crippen LogP contribution in [0.2, 0.25) is 10.0 Å². The van der Waals surface area contributed by atoms with Gasteiger partial charge in [-0.1, -0.05) is 23.2 Å². The minimum absolute atomic E-state index is 0.0858. The summed E-state index contributed by atoms with van der Waals surface area (Å²) in [5.41, 5.74) is -0.658. The monoisotopic (exact) mass is 417 g/mol. The normalized spacial score (nSPS) is 11.9. The minimum atomic E-state index is -3.39. The van der Waals surface area contributed by atoms with Gasteiger partial charge < -0.3 is 15.2 Å². The van der Waals surface area contributed by atoms with Crippen LogP contribution < -0.4 is 10.1 Å². The molecule has 0 spiro atoms. The van der Waals surface area contributed by atoms with E-state index in [9.17, 15) is 18.3 Å². The van der Waals surface area contributed by atoms with Gasteiger partial charge in [0.25, 0.3) is 0 Å². The van der Waals surface area contributed by atoms with Gasteiger partial charge in [-0.25, -0.2) is 13.2 Å². The van der Waals surface area contributed by atoms with Crippen LogP contribution in [0, 0.1) is 0 Å². The van der Waals surface area contributed by atoms with Crippen molar-refractivity contribution < 1.29 is 23.1 Å². The van der Waals surface area contributed by atoms with E-state index in [4.69, 9.17) is 27.9 Å². The first-order valence-corrected chi connectivity index (χ1v) is 10.0. The number of anilines is 2. The number of carbonyl (C=O) groups is 1. The highest BCUT2D eigenvalue weighted by Crippen LogP contribution is 2.36. The number of ether oxygens (including phenoxy) is 1. The minimum Gasteiger partial charge on any atom is -0.478 e. The van der Waals surface area contributed by atoms with E-state index in [0.717, 1.165) is 6.26 Å². The molecule has 0 atom stereocenters. The highest BCUT2D eigenvalue weighted by atomic mass is 35.5. The second kappa shape index (κ2) is 7.34. The van der Waals surface area contributed by atoms with E-state index < -0.39 is 21.4 Å². The summed E-state index contributed by atoms with van der Waals surface area (Å²) >= 11 is 12.2. The molecule has 0 saturated carbocycles. The van der Waals surface area contributed by atoms with Crippen molar-refractivity contribution in [1.29, 1.82) is 0 Å². The average Bonchev–Trinajstić information content (AvgIpc) is 2.50. The zero-order valence-corrected chi connectivity index (χ0v) is 16.5. The maximum Gasteiger partial charge on any atom is 0.347 e. The van der Waals surface area contributed by atoms with Gasteiger partial charge in [0.15, 0.2) is 15.4 Å². The molecule has 9 heteroatoms. The van der Waals surface area contributed by atoms with E-state index in [1.807, 2.05) is 0 Å². The number of sulfone groups is 1. The molecule has 0 amide bonds. The van der Waals surface area contributed by atoms with Gasteiger partial charge >= 0.3 is 5.97 Å². The Morgan fingerprint density at radius 2 is 1.77 bits per heavy atom. The molecule has 6 nitrogen and oxygen atoms in total. The SMILES string of the molecule is CC(C)(Oc1ccc(Cl)cc1Nc1ccc(S(C)(=O)=O)cc1Cl)C(=O)O.